The predicted molar refractivity (Wildman–Crippen MR) is 64.6 cm³/mol. The summed E-state index contributed by atoms with van der Waals surface area (Å²) in [5.74, 6) is 1.07. The molecule has 1 aliphatic carbocycles. The summed E-state index contributed by atoms with van der Waals surface area (Å²) < 4.78 is 5.63. The van der Waals surface area contributed by atoms with Gasteiger partial charge in [-0.3, -0.25) is 0 Å². The van der Waals surface area contributed by atoms with Crippen LogP contribution in [0.1, 0.15) is 43.2 Å². The molecule has 0 radical (unpaired) electrons. The molecule has 0 atom stereocenters. The Morgan fingerprint density at radius 1 is 1.12 bits per heavy atom. The molecule has 1 aromatic carbocycles. The van der Waals surface area contributed by atoms with Gasteiger partial charge in [0.15, 0.2) is 0 Å². The highest BCUT2D eigenvalue weighted by Crippen LogP contribution is 2.38. The van der Waals surface area contributed by atoms with Crippen LogP contribution >= 0.6 is 0 Å². The van der Waals surface area contributed by atoms with E-state index in [0.29, 0.717) is 0 Å². The van der Waals surface area contributed by atoms with Crippen LogP contribution in [0.5, 0.6) is 5.75 Å². The first-order valence-corrected chi connectivity index (χ1v) is 6.33. The highest BCUT2D eigenvalue weighted by atomic mass is 16.5. The summed E-state index contributed by atoms with van der Waals surface area (Å²) in [5.41, 5.74) is 9.07. The van der Waals surface area contributed by atoms with Crippen molar-refractivity contribution in [3.05, 3.63) is 29.3 Å². The lowest BCUT2D eigenvalue weighted by Crippen LogP contribution is -2.33. The van der Waals surface area contributed by atoms with E-state index >= 15 is 0 Å². The molecule has 0 unspecified atom stereocenters. The number of fused-ring (bicyclic) bond motifs is 1. The Labute approximate surface area is 96.8 Å². The molecule has 0 amide bonds. The molecule has 0 bridgehead atoms. The largest absolute Gasteiger partial charge is 0.493 e. The first kappa shape index (κ1) is 10.2. The zero-order valence-corrected chi connectivity index (χ0v) is 9.67. The maximum atomic E-state index is 6.47. The average molecular weight is 217 g/mol. The number of hydrogen-bond donors (Lipinski definition) is 1. The van der Waals surface area contributed by atoms with Crippen molar-refractivity contribution in [2.24, 2.45) is 5.73 Å². The fraction of sp³-hybridized carbons (Fsp3) is 0.571. The minimum absolute atomic E-state index is 0.0630. The van der Waals surface area contributed by atoms with Crippen molar-refractivity contribution in [3.8, 4) is 5.75 Å². The van der Waals surface area contributed by atoms with Crippen molar-refractivity contribution in [1.82, 2.24) is 0 Å². The SMILES string of the molecule is NC1(c2ccc3c(c2)CCCO3)CCCC1. The second-order valence-electron chi connectivity index (χ2n) is 5.14. The van der Waals surface area contributed by atoms with Crippen molar-refractivity contribution >= 4 is 0 Å². The maximum Gasteiger partial charge on any atom is 0.122 e. The van der Waals surface area contributed by atoms with Crippen LogP contribution in [0.2, 0.25) is 0 Å². The van der Waals surface area contributed by atoms with Gasteiger partial charge in [0.25, 0.3) is 0 Å². The number of aryl methyl sites for hydroxylation is 1. The van der Waals surface area contributed by atoms with E-state index in [0.717, 1.165) is 38.0 Å². The Balaban J connectivity index is 1.96. The van der Waals surface area contributed by atoms with Crippen molar-refractivity contribution in [3.63, 3.8) is 0 Å². The van der Waals surface area contributed by atoms with Gasteiger partial charge in [-0.1, -0.05) is 25.0 Å². The molecule has 2 nitrogen and oxygen atoms in total. The molecule has 1 heterocycles. The molecule has 1 aliphatic heterocycles. The molecular formula is C14H19NO. The molecule has 3 rings (SSSR count). The van der Waals surface area contributed by atoms with Gasteiger partial charge >= 0.3 is 0 Å². The van der Waals surface area contributed by atoms with E-state index in [1.807, 2.05) is 0 Å². The Morgan fingerprint density at radius 2 is 1.94 bits per heavy atom. The minimum Gasteiger partial charge on any atom is -0.493 e. The fourth-order valence-electron chi connectivity index (χ4n) is 2.96. The predicted octanol–water partition coefficient (Wildman–Crippen LogP) is 2.74. The Hall–Kier alpha value is -1.02. The standard InChI is InChI=1S/C14H19NO/c15-14(7-1-2-8-14)12-5-6-13-11(10-12)4-3-9-16-13/h5-6,10H,1-4,7-9,15H2. The minimum atomic E-state index is -0.0630. The van der Waals surface area contributed by atoms with E-state index in [9.17, 15) is 0 Å². The normalized spacial score (nSPS) is 22.6. The molecule has 0 spiro atoms. The molecule has 16 heavy (non-hydrogen) atoms. The molecule has 86 valence electrons. The van der Waals surface area contributed by atoms with Gasteiger partial charge in [-0.2, -0.15) is 0 Å². The van der Waals surface area contributed by atoms with Crippen LogP contribution in [0.4, 0.5) is 0 Å². The molecule has 0 aromatic heterocycles. The van der Waals surface area contributed by atoms with Crippen molar-refractivity contribution in [1.29, 1.82) is 0 Å². The van der Waals surface area contributed by atoms with Crippen LogP contribution in [0.25, 0.3) is 0 Å². The molecule has 2 N–H and O–H groups in total. The summed E-state index contributed by atoms with van der Waals surface area (Å²) in [6.07, 6.45) is 7.07. The number of benzene rings is 1. The lowest BCUT2D eigenvalue weighted by atomic mass is 9.87. The van der Waals surface area contributed by atoms with Gasteiger partial charge in [0, 0.05) is 5.54 Å². The van der Waals surface area contributed by atoms with Gasteiger partial charge in [-0.15, -0.1) is 0 Å². The summed E-state index contributed by atoms with van der Waals surface area (Å²) in [6.45, 7) is 0.861. The van der Waals surface area contributed by atoms with Gasteiger partial charge in [-0.25, -0.2) is 0 Å². The molecule has 2 aliphatic rings. The van der Waals surface area contributed by atoms with Crippen LogP contribution in [0.15, 0.2) is 18.2 Å². The van der Waals surface area contributed by atoms with Gasteiger partial charge in [0.1, 0.15) is 5.75 Å². The van der Waals surface area contributed by atoms with Crippen LogP contribution < -0.4 is 10.5 Å². The van der Waals surface area contributed by atoms with Gasteiger partial charge in [0.05, 0.1) is 6.61 Å². The van der Waals surface area contributed by atoms with Crippen LogP contribution in [0, 0.1) is 0 Å². The maximum absolute atomic E-state index is 6.47. The summed E-state index contributed by atoms with van der Waals surface area (Å²) in [7, 11) is 0. The molecule has 2 heteroatoms. The van der Waals surface area contributed by atoms with Gasteiger partial charge in [-0.05, 0) is 42.9 Å². The lowest BCUT2D eigenvalue weighted by Gasteiger charge is -2.26. The monoisotopic (exact) mass is 217 g/mol. The third-order valence-electron chi connectivity index (χ3n) is 3.98. The van der Waals surface area contributed by atoms with E-state index in [4.69, 9.17) is 10.5 Å². The number of rotatable bonds is 1. The number of hydrogen-bond acceptors (Lipinski definition) is 2. The Morgan fingerprint density at radius 3 is 2.75 bits per heavy atom. The average Bonchev–Trinajstić information content (AvgIpc) is 2.77. The topological polar surface area (TPSA) is 35.2 Å². The molecule has 1 fully saturated rings. The zero-order valence-electron chi connectivity index (χ0n) is 9.67. The molecular weight excluding hydrogens is 198 g/mol. The first-order valence-electron chi connectivity index (χ1n) is 6.33. The van der Waals surface area contributed by atoms with Gasteiger partial charge < -0.3 is 10.5 Å². The van der Waals surface area contributed by atoms with Crippen LogP contribution in [-0.4, -0.2) is 6.61 Å². The fourth-order valence-corrected chi connectivity index (χ4v) is 2.96. The highest BCUT2D eigenvalue weighted by molar-refractivity contribution is 5.41. The Kier molecular flexibility index (Phi) is 2.40. The third kappa shape index (κ3) is 1.61. The summed E-state index contributed by atoms with van der Waals surface area (Å²) in [5, 5.41) is 0. The third-order valence-corrected chi connectivity index (χ3v) is 3.98. The van der Waals surface area contributed by atoms with E-state index in [-0.39, 0.29) is 5.54 Å². The quantitative estimate of drug-likeness (QED) is 0.785. The van der Waals surface area contributed by atoms with E-state index in [2.05, 4.69) is 18.2 Å². The highest BCUT2D eigenvalue weighted by Gasteiger charge is 2.31. The smallest absolute Gasteiger partial charge is 0.122 e. The van der Waals surface area contributed by atoms with Gasteiger partial charge in [0.2, 0.25) is 0 Å². The lowest BCUT2D eigenvalue weighted by molar-refractivity contribution is 0.287. The first-order chi connectivity index (χ1) is 7.78. The number of ether oxygens (including phenoxy) is 1. The van der Waals surface area contributed by atoms with Crippen molar-refractivity contribution in [2.45, 2.75) is 44.1 Å². The second kappa shape index (κ2) is 3.77. The second-order valence-corrected chi connectivity index (χ2v) is 5.14. The van der Waals surface area contributed by atoms with Crippen molar-refractivity contribution < 1.29 is 4.74 Å². The van der Waals surface area contributed by atoms with Crippen molar-refractivity contribution in [2.75, 3.05) is 6.61 Å². The van der Waals surface area contributed by atoms with E-state index in [1.54, 1.807) is 0 Å². The Bertz CT molecular complexity index is 394. The number of nitrogens with two attached hydrogens (primary N) is 1. The van der Waals surface area contributed by atoms with Crippen LogP contribution in [0.3, 0.4) is 0 Å². The van der Waals surface area contributed by atoms with Crippen LogP contribution in [-0.2, 0) is 12.0 Å². The molecule has 1 aromatic rings. The summed E-state index contributed by atoms with van der Waals surface area (Å²) >= 11 is 0. The zero-order chi connectivity index (χ0) is 11.0. The molecule has 0 saturated heterocycles. The summed E-state index contributed by atoms with van der Waals surface area (Å²) in [6, 6.07) is 6.55. The van der Waals surface area contributed by atoms with E-state index in [1.165, 1.54) is 24.0 Å². The summed E-state index contributed by atoms with van der Waals surface area (Å²) in [4.78, 5) is 0. The molecule has 1 saturated carbocycles. The van der Waals surface area contributed by atoms with E-state index < -0.39 is 0 Å².